The molecule has 1 aliphatic carbocycles. The highest BCUT2D eigenvalue weighted by Gasteiger charge is 2.43. The number of fused-ring (bicyclic) bond motifs is 2. The average molecular weight is 416 g/mol. The first-order chi connectivity index (χ1) is 14.4. The number of aromatic carboxylic acids is 1. The monoisotopic (exact) mass is 416 g/mol. The molecule has 1 aromatic heterocycles. The van der Waals surface area contributed by atoms with Crippen molar-refractivity contribution in [2.75, 3.05) is 31.6 Å². The molecule has 1 saturated carbocycles. The van der Waals surface area contributed by atoms with Gasteiger partial charge in [0.2, 0.25) is 5.43 Å². The Kier molecular flexibility index (Phi) is 4.21. The van der Waals surface area contributed by atoms with Gasteiger partial charge in [-0.25, -0.2) is 9.18 Å². The zero-order valence-electron chi connectivity index (χ0n) is 16.3. The predicted octanol–water partition coefficient (Wildman–Crippen LogP) is 1.33. The zero-order valence-corrected chi connectivity index (χ0v) is 16.3. The number of ether oxygens (including phenoxy) is 1. The standard InChI is InChI=1S/C20H21FN4O5/c1-29-19-16-10(18(26)12(20(27)28)7-25(16)9-2-3-9)4-13(21)17(19)24-6-11-14(5-22)23-30-15(11)8-24/h4,7,9,11,15H,2-3,5-6,8,22H2,1H3,(H,27,28). The number of carboxylic acids is 1. The van der Waals surface area contributed by atoms with E-state index < -0.39 is 17.2 Å². The molecule has 3 N–H and O–H groups in total. The molecule has 3 heterocycles. The Balaban J connectivity index is 1.71. The fourth-order valence-corrected chi connectivity index (χ4v) is 4.50. The molecule has 9 nitrogen and oxygen atoms in total. The van der Waals surface area contributed by atoms with Crippen molar-refractivity contribution in [3.8, 4) is 5.75 Å². The van der Waals surface area contributed by atoms with Crippen LogP contribution in [0, 0.1) is 11.7 Å². The van der Waals surface area contributed by atoms with E-state index in [0.29, 0.717) is 18.6 Å². The fourth-order valence-electron chi connectivity index (χ4n) is 4.50. The van der Waals surface area contributed by atoms with E-state index in [0.717, 1.165) is 24.6 Å². The number of halogens is 1. The zero-order chi connectivity index (χ0) is 21.2. The summed E-state index contributed by atoms with van der Waals surface area (Å²) in [5.41, 5.74) is 6.02. The molecule has 2 aliphatic heterocycles. The second-order valence-electron chi connectivity index (χ2n) is 7.89. The SMILES string of the molecule is COc1c(N2CC3ON=C(CN)C3C2)c(F)cc2c(=O)c(C(=O)O)cn(C3CC3)c12. The van der Waals surface area contributed by atoms with Crippen LogP contribution < -0.4 is 20.8 Å². The maximum absolute atomic E-state index is 15.3. The van der Waals surface area contributed by atoms with Gasteiger partial charge in [0.1, 0.15) is 11.3 Å². The van der Waals surface area contributed by atoms with Crippen molar-refractivity contribution >= 4 is 28.3 Å². The lowest BCUT2D eigenvalue weighted by Crippen LogP contribution is -2.28. The third-order valence-electron chi connectivity index (χ3n) is 6.10. The molecular formula is C20H21FN4O5. The van der Waals surface area contributed by atoms with E-state index in [2.05, 4.69) is 5.16 Å². The van der Waals surface area contributed by atoms with Crippen LogP contribution in [0.15, 0.2) is 22.2 Å². The van der Waals surface area contributed by atoms with E-state index in [9.17, 15) is 14.7 Å². The predicted molar refractivity (Wildman–Crippen MR) is 107 cm³/mol. The number of benzene rings is 1. The quantitative estimate of drug-likeness (QED) is 0.755. The topological polar surface area (TPSA) is 119 Å². The lowest BCUT2D eigenvalue weighted by molar-refractivity contribution is 0.0694. The third kappa shape index (κ3) is 2.67. The second kappa shape index (κ2) is 6.69. The molecule has 1 aromatic carbocycles. The Bertz CT molecular complexity index is 1160. The maximum atomic E-state index is 15.3. The molecule has 1 saturated heterocycles. The molecule has 2 unspecified atom stereocenters. The minimum atomic E-state index is -1.34. The molecule has 0 bridgehead atoms. The van der Waals surface area contributed by atoms with Crippen LogP contribution in [-0.2, 0) is 4.84 Å². The van der Waals surface area contributed by atoms with Crippen LogP contribution in [0.25, 0.3) is 10.9 Å². The van der Waals surface area contributed by atoms with Crippen molar-refractivity contribution in [3.63, 3.8) is 0 Å². The molecule has 2 aromatic rings. The number of methoxy groups -OCH3 is 1. The maximum Gasteiger partial charge on any atom is 0.341 e. The lowest BCUT2D eigenvalue weighted by atomic mass is 10.0. The van der Waals surface area contributed by atoms with Crippen molar-refractivity contribution in [3.05, 3.63) is 33.9 Å². The highest BCUT2D eigenvalue weighted by molar-refractivity contribution is 5.97. The number of anilines is 1. The van der Waals surface area contributed by atoms with Gasteiger partial charge in [-0.15, -0.1) is 0 Å². The number of oxime groups is 1. The van der Waals surface area contributed by atoms with Crippen LogP contribution in [0.5, 0.6) is 5.75 Å². The van der Waals surface area contributed by atoms with Gasteiger partial charge in [-0.2, -0.15) is 0 Å². The van der Waals surface area contributed by atoms with Gasteiger partial charge in [-0.3, -0.25) is 4.79 Å². The molecule has 0 spiro atoms. The number of nitrogens with zero attached hydrogens (tertiary/aromatic N) is 3. The first kappa shape index (κ1) is 18.9. The first-order valence-corrected chi connectivity index (χ1v) is 9.80. The summed E-state index contributed by atoms with van der Waals surface area (Å²) in [5, 5.41) is 13.4. The molecule has 30 heavy (non-hydrogen) atoms. The van der Waals surface area contributed by atoms with Gasteiger partial charge in [0.15, 0.2) is 17.7 Å². The molecule has 10 heteroatoms. The summed E-state index contributed by atoms with van der Waals surface area (Å²) in [5.74, 6) is -1.79. The van der Waals surface area contributed by atoms with Crippen LogP contribution in [0.3, 0.4) is 0 Å². The van der Waals surface area contributed by atoms with Crippen molar-refractivity contribution in [2.24, 2.45) is 16.8 Å². The highest BCUT2D eigenvalue weighted by Crippen LogP contribution is 2.45. The Hall–Kier alpha value is -3.14. The van der Waals surface area contributed by atoms with Gasteiger partial charge >= 0.3 is 5.97 Å². The Labute approximate surface area is 170 Å². The molecule has 158 valence electrons. The van der Waals surface area contributed by atoms with Gasteiger partial charge in [0.25, 0.3) is 0 Å². The molecule has 0 amide bonds. The van der Waals surface area contributed by atoms with Crippen LogP contribution in [-0.4, -0.2) is 54.2 Å². The Morgan fingerprint density at radius 3 is 2.83 bits per heavy atom. The van der Waals surface area contributed by atoms with Crippen LogP contribution in [0.1, 0.15) is 29.2 Å². The number of carboxylic acid groups (broad SMARTS) is 1. The lowest BCUT2D eigenvalue weighted by Gasteiger charge is -2.25. The molecule has 5 rings (SSSR count). The Morgan fingerprint density at radius 2 is 2.20 bits per heavy atom. The van der Waals surface area contributed by atoms with Crippen molar-refractivity contribution in [1.82, 2.24) is 4.57 Å². The van der Waals surface area contributed by atoms with Crippen molar-refractivity contribution in [2.45, 2.75) is 25.0 Å². The number of pyridine rings is 1. The third-order valence-corrected chi connectivity index (χ3v) is 6.10. The molecule has 2 atom stereocenters. The van der Waals surface area contributed by atoms with E-state index in [1.807, 2.05) is 4.90 Å². The summed E-state index contributed by atoms with van der Waals surface area (Å²) in [4.78, 5) is 31.6. The summed E-state index contributed by atoms with van der Waals surface area (Å²) >= 11 is 0. The summed E-state index contributed by atoms with van der Waals surface area (Å²) in [6, 6.07) is 1.17. The van der Waals surface area contributed by atoms with E-state index in [1.54, 1.807) is 4.57 Å². The van der Waals surface area contributed by atoms with Crippen LogP contribution in [0.2, 0.25) is 0 Å². The van der Waals surface area contributed by atoms with E-state index in [1.165, 1.54) is 13.3 Å². The van der Waals surface area contributed by atoms with Crippen molar-refractivity contribution < 1.29 is 23.9 Å². The first-order valence-electron chi connectivity index (χ1n) is 9.80. The van der Waals surface area contributed by atoms with Gasteiger partial charge in [-0.05, 0) is 18.9 Å². The second-order valence-corrected chi connectivity index (χ2v) is 7.89. The number of hydrogen-bond donors (Lipinski definition) is 2. The fraction of sp³-hybridized carbons (Fsp3) is 0.450. The summed E-state index contributed by atoms with van der Waals surface area (Å²) in [7, 11) is 1.42. The van der Waals surface area contributed by atoms with Gasteiger partial charge < -0.3 is 29.9 Å². The number of rotatable bonds is 5. The summed E-state index contributed by atoms with van der Waals surface area (Å²) < 4.78 is 22.7. The number of nitrogens with two attached hydrogens (primary N) is 1. The average Bonchev–Trinajstić information content (AvgIpc) is 3.36. The van der Waals surface area contributed by atoms with Crippen LogP contribution >= 0.6 is 0 Å². The van der Waals surface area contributed by atoms with E-state index in [-0.39, 0.29) is 47.0 Å². The number of aromatic nitrogens is 1. The van der Waals surface area contributed by atoms with Gasteiger partial charge in [0, 0.05) is 25.3 Å². The van der Waals surface area contributed by atoms with Gasteiger partial charge in [0.05, 0.1) is 36.2 Å². The van der Waals surface area contributed by atoms with Gasteiger partial charge in [-0.1, -0.05) is 5.16 Å². The smallest absolute Gasteiger partial charge is 0.341 e. The minimum Gasteiger partial charge on any atom is -0.492 e. The summed E-state index contributed by atoms with van der Waals surface area (Å²) in [6.45, 7) is 1.13. The number of hydrogen-bond acceptors (Lipinski definition) is 7. The largest absolute Gasteiger partial charge is 0.492 e. The number of carbonyl (C=O) groups is 1. The summed E-state index contributed by atoms with van der Waals surface area (Å²) in [6.07, 6.45) is 2.83. The molecular weight excluding hydrogens is 395 g/mol. The van der Waals surface area contributed by atoms with E-state index in [4.69, 9.17) is 15.3 Å². The van der Waals surface area contributed by atoms with E-state index >= 15 is 4.39 Å². The molecule has 3 aliphatic rings. The normalized spacial score (nSPS) is 22.8. The van der Waals surface area contributed by atoms with Crippen LogP contribution in [0.4, 0.5) is 10.1 Å². The Morgan fingerprint density at radius 1 is 1.43 bits per heavy atom. The molecule has 0 radical (unpaired) electrons. The molecule has 2 fully saturated rings. The highest BCUT2D eigenvalue weighted by atomic mass is 19.1. The van der Waals surface area contributed by atoms with Crippen molar-refractivity contribution in [1.29, 1.82) is 0 Å². The minimum absolute atomic E-state index is 0.000231.